The number of nitrogens with two attached hydrogens (primary N) is 1. The Balaban J connectivity index is 1.24. The van der Waals surface area contributed by atoms with Crippen LogP contribution in [-0.4, -0.2) is 41.1 Å². The van der Waals surface area contributed by atoms with Gasteiger partial charge in [-0.15, -0.1) is 11.3 Å². The zero-order valence-corrected chi connectivity index (χ0v) is 21.4. The molecule has 5 rings (SSSR count). The first-order valence-corrected chi connectivity index (χ1v) is 12.9. The molecule has 3 N–H and O–H groups in total. The lowest BCUT2D eigenvalue weighted by Gasteiger charge is -2.31. The lowest BCUT2D eigenvalue weighted by molar-refractivity contribution is 0.0164. The summed E-state index contributed by atoms with van der Waals surface area (Å²) in [5.41, 5.74) is 8.77. The second-order valence-corrected chi connectivity index (χ2v) is 10.2. The summed E-state index contributed by atoms with van der Waals surface area (Å²) in [7, 11) is 0. The van der Waals surface area contributed by atoms with Crippen LogP contribution in [0.1, 0.15) is 22.5 Å². The van der Waals surface area contributed by atoms with E-state index in [2.05, 4.69) is 10.3 Å². The van der Waals surface area contributed by atoms with Gasteiger partial charge in [-0.3, -0.25) is 0 Å². The highest BCUT2D eigenvalue weighted by molar-refractivity contribution is 7.21. The quantitative estimate of drug-likeness (QED) is 0.280. The van der Waals surface area contributed by atoms with Crippen molar-refractivity contribution in [2.75, 3.05) is 24.1 Å². The molecule has 184 valence electrons. The molecule has 0 unspecified atom stereocenters. The molecule has 36 heavy (non-hydrogen) atoms. The number of aromatic nitrogens is 1. The number of pyridine rings is 1. The molecule has 2 aromatic heterocycles. The molecule has 1 aliphatic rings. The number of nitrogen functional groups attached to an aromatic ring is 1. The third-order valence-corrected chi connectivity index (χ3v) is 7.66. The van der Waals surface area contributed by atoms with E-state index in [0.717, 1.165) is 11.3 Å². The molecule has 4 aromatic rings. The smallest absolute Gasteiger partial charge is 0.350 e. The maximum atomic E-state index is 13.0. The lowest BCUT2D eigenvalue weighted by Crippen LogP contribution is -2.43. The number of hydrogen-bond acceptors (Lipinski definition) is 6. The van der Waals surface area contributed by atoms with Crippen molar-refractivity contribution in [2.45, 2.75) is 18.9 Å². The van der Waals surface area contributed by atoms with Gasteiger partial charge in [0, 0.05) is 47.6 Å². The van der Waals surface area contributed by atoms with Crippen LogP contribution < -0.4 is 11.1 Å². The van der Waals surface area contributed by atoms with Crippen LogP contribution >= 0.6 is 34.5 Å². The molecule has 0 radical (unpaired) electrons. The first kappa shape index (κ1) is 24.4. The normalized spacial score (nSPS) is 14.1. The summed E-state index contributed by atoms with van der Waals surface area (Å²) in [5, 5.41) is 4.60. The number of fused-ring (bicyclic) bond motifs is 1. The number of nitrogens with zero attached hydrogens (tertiary/aromatic N) is 2. The topological polar surface area (TPSA) is 97.6 Å². The molecule has 7 nitrogen and oxygen atoms in total. The first-order chi connectivity index (χ1) is 17.4. The van der Waals surface area contributed by atoms with E-state index in [1.807, 2.05) is 42.5 Å². The minimum atomic E-state index is -0.478. The Morgan fingerprint density at radius 2 is 1.81 bits per heavy atom. The number of rotatable bonds is 4. The molecule has 0 atom stereocenters. The lowest BCUT2D eigenvalue weighted by atomic mass is 10.1. The number of hydrogen-bond donors (Lipinski definition) is 2. The molecule has 0 spiro atoms. The second-order valence-electron chi connectivity index (χ2n) is 8.41. The predicted octanol–water partition coefficient (Wildman–Crippen LogP) is 6.71. The molecule has 1 saturated heterocycles. The maximum Gasteiger partial charge on any atom is 0.350 e. The highest BCUT2D eigenvalue weighted by Gasteiger charge is 2.27. The number of piperidine rings is 1. The summed E-state index contributed by atoms with van der Waals surface area (Å²) in [6.45, 7) is 0.983. The summed E-state index contributed by atoms with van der Waals surface area (Å²) >= 11 is 13.5. The second kappa shape index (κ2) is 10.3. The Morgan fingerprint density at radius 3 is 2.53 bits per heavy atom. The van der Waals surface area contributed by atoms with Gasteiger partial charge in [-0.2, -0.15) is 0 Å². The van der Waals surface area contributed by atoms with Gasteiger partial charge in [0.25, 0.3) is 0 Å². The van der Waals surface area contributed by atoms with Gasteiger partial charge in [0.2, 0.25) is 0 Å². The predicted molar refractivity (Wildman–Crippen MR) is 145 cm³/mol. The molecule has 0 saturated carbocycles. The number of amides is 2. The van der Waals surface area contributed by atoms with E-state index >= 15 is 0 Å². The van der Waals surface area contributed by atoms with Crippen molar-refractivity contribution in [3.8, 4) is 11.3 Å². The van der Waals surface area contributed by atoms with Crippen molar-refractivity contribution < 1.29 is 14.3 Å². The fraction of sp³-hybridized carbons (Fsp3) is 0.192. The van der Waals surface area contributed by atoms with Crippen LogP contribution in [0.25, 0.3) is 21.5 Å². The van der Waals surface area contributed by atoms with Gasteiger partial charge in [0.05, 0.1) is 16.4 Å². The molecule has 0 aliphatic carbocycles. The number of likely N-dealkylation sites (tertiary alicyclic amines) is 1. The van der Waals surface area contributed by atoms with Crippen molar-refractivity contribution in [2.24, 2.45) is 0 Å². The standard InChI is InChI=1S/C26H22Cl2N4O3S/c27-15-6-7-18(20(28)14-15)21-9-8-19-22(29)23(36-24(19)31-21)25(33)35-17-10-12-32(13-11-17)26(34)30-16-4-2-1-3-5-16/h1-9,14,17H,10-13,29H2,(H,30,34). The number of nitrogens with one attached hydrogen (secondary N) is 1. The van der Waals surface area contributed by atoms with Gasteiger partial charge in [0.15, 0.2) is 0 Å². The molecular formula is C26H22Cl2N4O3S. The Kier molecular flexibility index (Phi) is 7.00. The van der Waals surface area contributed by atoms with Crippen molar-refractivity contribution >= 4 is 68.1 Å². The molecular weight excluding hydrogens is 519 g/mol. The van der Waals surface area contributed by atoms with Gasteiger partial charge in [-0.25, -0.2) is 14.6 Å². The summed E-state index contributed by atoms with van der Waals surface area (Å²) in [6, 6.07) is 18.0. The largest absolute Gasteiger partial charge is 0.458 e. The molecule has 2 aromatic carbocycles. The zero-order valence-electron chi connectivity index (χ0n) is 19.0. The average molecular weight is 541 g/mol. The molecule has 3 heterocycles. The number of ether oxygens (including phenoxy) is 1. The first-order valence-electron chi connectivity index (χ1n) is 11.4. The van der Waals surface area contributed by atoms with Gasteiger partial charge in [0.1, 0.15) is 15.8 Å². The van der Waals surface area contributed by atoms with Gasteiger partial charge < -0.3 is 20.7 Å². The van der Waals surface area contributed by atoms with Crippen LogP contribution in [0.2, 0.25) is 10.0 Å². The van der Waals surface area contributed by atoms with Crippen molar-refractivity contribution in [3.63, 3.8) is 0 Å². The molecule has 10 heteroatoms. The van der Waals surface area contributed by atoms with Gasteiger partial charge in [-0.05, 0) is 42.5 Å². The number of carbonyl (C=O) groups excluding carboxylic acids is 2. The number of halogens is 2. The SMILES string of the molecule is Nc1c(C(=O)OC2CCN(C(=O)Nc3ccccc3)CC2)sc2nc(-c3ccc(Cl)cc3Cl)ccc12. The summed E-state index contributed by atoms with van der Waals surface area (Å²) in [4.78, 5) is 32.8. The third-order valence-electron chi connectivity index (χ3n) is 6.01. The van der Waals surface area contributed by atoms with Crippen molar-refractivity contribution in [1.82, 2.24) is 9.88 Å². The number of carbonyl (C=O) groups is 2. The number of esters is 1. The molecule has 0 bridgehead atoms. The summed E-state index contributed by atoms with van der Waals surface area (Å²) in [5.74, 6) is -0.478. The van der Waals surface area contributed by atoms with Crippen LogP contribution in [0.3, 0.4) is 0 Å². The molecule has 1 aliphatic heterocycles. The van der Waals surface area contributed by atoms with E-state index in [9.17, 15) is 9.59 Å². The van der Waals surface area contributed by atoms with E-state index in [1.165, 1.54) is 11.3 Å². The van der Waals surface area contributed by atoms with Crippen molar-refractivity contribution in [1.29, 1.82) is 0 Å². The Hall–Kier alpha value is -3.33. The van der Waals surface area contributed by atoms with Crippen LogP contribution in [0.15, 0.2) is 60.7 Å². The van der Waals surface area contributed by atoms with Crippen LogP contribution in [-0.2, 0) is 4.74 Å². The highest BCUT2D eigenvalue weighted by Crippen LogP contribution is 2.37. The van der Waals surface area contributed by atoms with Crippen LogP contribution in [0.4, 0.5) is 16.2 Å². The fourth-order valence-electron chi connectivity index (χ4n) is 4.10. The van der Waals surface area contributed by atoms with Crippen molar-refractivity contribution in [3.05, 3.63) is 75.6 Å². The number of anilines is 2. The van der Waals surface area contributed by atoms with E-state index in [0.29, 0.717) is 62.5 Å². The van der Waals surface area contributed by atoms with E-state index in [4.69, 9.17) is 33.7 Å². The summed E-state index contributed by atoms with van der Waals surface area (Å²) in [6.07, 6.45) is 0.811. The van der Waals surface area contributed by atoms with E-state index < -0.39 is 5.97 Å². The average Bonchev–Trinajstić information content (AvgIpc) is 3.21. The zero-order chi connectivity index (χ0) is 25.2. The minimum absolute atomic E-state index is 0.164. The Morgan fingerprint density at radius 1 is 1.06 bits per heavy atom. The number of thiophene rings is 1. The minimum Gasteiger partial charge on any atom is -0.458 e. The van der Waals surface area contributed by atoms with E-state index in [1.54, 1.807) is 23.1 Å². The van der Waals surface area contributed by atoms with Crippen LogP contribution in [0, 0.1) is 0 Å². The molecule has 1 fully saturated rings. The van der Waals surface area contributed by atoms with Gasteiger partial charge in [-0.1, -0.05) is 41.4 Å². The molecule has 2 amide bonds. The number of benzene rings is 2. The van der Waals surface area contributed by atoms with Crippen LogP contribution in [0.5, 0.6) is 0 Å². The number of para-hydroxylation sites is 1. The van der Waals surface area contributed by atoms with E-state index in [-0.39, 0.29) is 12.1 Å². The number of urea groups is 1. The maximum absolute atomic E-state index is 13.0. The van der Waals surface area contributed by atoms with Gasteiger partial charge >= 0.3 is 12.0 Å². The Bertz CT molecular complexity index is 1440. The fourth-order valence-corrected chi connectivity index (χ4v) is 5.58. The highest BCUT2D eigenvalue weighted by atomic mass is 35.5. The summed E-state index contributed by atoms with van der Waals surface area (Å²) < 4.78 is 5.75. The monoisotopic (exact) mass is 540 g/mol. The third kappa shape index (κ3) is 5.11. The Labute approximate surface area is 221 Å².